The molecule has 2 rings (SSSR count). The molecule has 0 amide bonds. The molecule has 0 unspecified atom stereocenters. The Hall–Kier alpha value is -2.30. The van der Waals surface area contributed by atoms with Gasteiger partial charge in [0.1, 0.15) is 5.70 Å². The average Bonchev–Trinajstić information content (AvgIpc) is 2.31. The Morgan fingerprint density at radius 3 is 3.00 bits per heavy atom. The van der Waals surface area contributed by atoms with Crippen molar-refractivity contribution in [1.29, 1.82) is 0 Å². The summed E-state index contributed by atoms with van der Waals surface area (Å²) in [6.07, 6.45) is 1.09. The lowest BCUT2D eigenvalue weighted by atomic mass is 10.2. The van der Waals surface area contributed by atoms with E-state index in [1.165, 1.54) is 0 Å². The smallest absolute Gasteiger partial charge is 0.360 e. The zero-order valence-corrected chi connectivity index (χ0v) is 10.1. The topological polar surface area (TPSA) is 64.6 Å². The molecule has 1 heterocycles. The second-order valence-electron chi connectivity index (χ2n) is 3.82. The van der Waals surface area contributed by atoms with Gasteiger partial charge in [0, 0.05) is 0 Å². The van der Waals surface area contributed by atoms with E-state index in [2.05, 4.69) is 5.32 Å². The van der Waals surface area contributed by atoms with Gasteiger partial charge in [-0.2, -0.15) is 0 Å². The summed E-state index contributed by atoms with van der Waals surface area (Å²) in [5.74, 6) is -0.723. The lowest BCUT2D eigenvalue weighted by Gasteiger charge is -2.19. The normalized spacial score (nSPS) is 15.7. The monoisotopic (exact) mass is 247 g/mol. The third-order valence-corrected chi connectivity index (χ3v) is 2.38. The van der Waals surface area contributed by atoms with Gasteiger partial charge in [-0.15, -0.1) is 0 Å². The largest absolute Gasteiger partial charge is 0.463 e. The number of aryl methyl sites for hydroxylation is 1. The number of carbonyl (C=O) groups excluding carboxylic acids is 2. The molecule has 0 bridgehead atoms. The summed E-state index contributed by atoms with van der Waals surface area (Å²) < 4.78 is 9.84. The van der Waals surface area contributed by atoms with E-state index in [4.69, 9.17) is 9.47 Å². The number of hydrogen-bond donors (Lipinski definition) is 1. The number of nitrogens with one attached hydrogen (secondary N) is 1. The minimum absolute atomic E-state index is 0.0755. The fraction of sp³-hybridized carbons (Fsp3) is 0.231. The van der Waals surface area contributed by atoms with Crippen molar-refractivity contribution in [3.63, 3.8) is 0 Å². The number of ether oxygens (including phenoxy) is 2. The Kier molecular flexibility index (Phi) is 3.32. The van der Waals surface area contributed by atoms with E-state index < -0.39 is 11.9 Å². The first-order valence-corrected chi connectivity index (χ1v) is 5.58. The Morgan fingerprint density at radius 2 is 2.28 bits per heavy atom. The molecular formula is C13H13NO4. The average molecular weight is 247 g/mol. The molecule has 1 aliphatic heterocycles. The molecular weight excluding hydrogens is 234 g/mol. The Bertz CT molecular complexity index is 534. The molecule has 0 saturated heterocycles. The minimum atomic E-state index is -0.598. The van der Waals surface area contributed by atoms with Crippen LogP contribution in [0.1, 0.15) is 12.5 Å². The van der Waals surface area contributed by atoms with Crippen LogP contribution in [0.2, 0.25) is 0 Å². The van der Waals surface area contributed by atoms with E-state index >= 15 is 0 Å². The van der Waals surface area contributed by atoms with E-state index in [0.29, 0.717) is 11.4 Å². The van der Waals surface area contributed by atoms with Crippen molar-refractivity contribution in [1.82, 2.24) is 0 Å². The molecule has 0 aromatic heterocycles. The number of rotatable bonds is 2. The first-order chi connectivity index (χ1) is 8.60. The highest BCUT2D eigenvalue weighted by Crippen LogP contribution is 2.31. The third-order valence-electron chi connectivity index (χ3n) is 2.38. The van der Waals surface area contributed by atoms with Gasteiger partial charge in [0.25, 0.3) is 0 Å². The van der Waals surface area contributed by atoms with Crippen molar-refractivity contribution < 1.29 is 19.1 Å². The van der Waals surface area contributed by atoms with Crippen LogP contribution >= 0.6 is 0 Å². The Morgan fingerprint density at radius 1 is 1.50 bits per heavy atom. The molecule has 1 aromatic rings. The van der Waals surface area contributed by atoms with Gasteiger partial charge in [-0.3, -0.25) is 0 Å². The predicted molar refractivity (Wildman–Crippen MR) is 65.2 cm³/mol. The van der Waals surface area contributed by atoms with E-state index in [0.717, 1.165) is 11.6 Å². The van der Waals surface area contributed by atoms with Gasteiger partial charge in [0.05, 0.1) is 18.4 Å². The van der Waals surface area contributed by atoms with Gasteiger partial charge < -0.3 is 14.8 Å². The number of hydrogen-bond acceptors (Lipinski definition) is 5. The zero-order chi connectivity index (χ0) is 13.1. The lowest BCUT2D eigenvalue weighted by molar-refractivity contribution is -0.138. The van der Waals surface area contributed by atoms with Crippen molar-refractivity contribution >= 4 is 17.6 Å². The highest BCUT2D eigenvalue weighted by Gasteiger charge is 2.23. The lowest BCUT2D eigenvalue weighted by Crippen LogP contribution is -2.24. The number of anilines is 1. The van der Waals surface area contributed by atoms with Gasteiger partial charge in [-0.1, -0.05) is 6.07 Å². The first-order valence-electron chi connectivity index (χ1n) is 5.58. The van der Waals surface area contributed by atoms with E-state index in [-0.39, 0.29) is 12.3 Å². The number of carbonyl (C=O) groups is 2. The van der Waals surface area contributed by atoms with Gasteiger partial charge in [-0.05, 0) is 31.5 Å². The van der Waals surface area contributed by atoms with Crippen LogP contribution in [-0.4, -0.2) is 18.5 Å². The predicted octanol–water partition coefficient (Wildman–Crippen LogP) is 1.77. The highest BCUT2D eigenvalue weighted by molar-refractivity contribution is 6.02. The molecule has 5 nitrogen and oxygen atoms in total. The number of benzene rings is 1. The van der Waals surface area contributed by atoms with Gasteiger partial charge >= 0.3 is 11.9 Å². The van der Waals surface area contributed by atoms with E-state index in [9.17, 15) is 9.59 Å². The Labute approximate surface area is 104 Å². The quantitative estimate of drug-likeness (QED) is 0.490. The zero-order valence-electron chi connectivity index (χ0n) is 10.1. The van der Waals surface area contributed by atoms with E-state index in [1.807, 2.05) is 19.1 Å². The van der Waals surface area contributed by atoms with Crippen LogP contribution in [-0.2, 0) is 14.3 Å². The summed E-state index contributed by atoms with van der Waals surface area (Å²) in [7, 11) is 0. The van der Waals surface area contributed by atoms with Crippen LogP contribution < -0.4 is 10.1 Å². The fourth-order valence-corrected chi connectivity index (χ4v) is 1.58. The second kappa shape index (κ2) is 4.91. The van der Waals surface area contributed by atoms with Crippen molar-refractivity contribution in [3.05, 3.63) is 35.5 Å². The van der Waals surface area contributed by atoms with Gasteiger partial charge in [-0.25, -0.2) is 9.59 Å². The number of fused-ring (bicyclic) bond motifs is 1. The number of esters is 2. The van der Waals surface area contributed by atoms with Gasteiger partial charge in [0.2, 0.25) is 0 Å². The highest BCUT2D eigenvalue weighted by atomic mass is 16.5. The summed E-state index contributed by atoms with van der Waals surface area (Å²) >= 11 is 0. The van der Waals surface area contributed by atoms with Gasteiger partial charge in [0.15, 0.2) is 5.75 Å². The van der Waals surface area contributed by atoms with E-state index in [1.54, 1.807) is 13.0 Å². The van der Waals surface area contributed by atoms with Crippen molar-refractivity contribution in [2.45, 2.75) is 13.8 Å². The van der Waals surface area contributed by atoms with Crippen LogP contribution in [0.15, 0.2) is 30.0 Å². The summed E-state index contributed by atoms with van der Waals surface area (Å²) in [6.45, 7) is 3.88. The second-order valence-corrected chi connectivity index (χ2v) is 3.82. The molecule has 1 aliphatic rings. The maximum absolute atomic E-state index is 11.6. The summed E-state index contributed by atoms with van der Waals surface area (Å²) in [5, 5.41) is 2.86. The molecule has 0 saturated carbocycles. The van der Waals surface area contributed by atoms with Crippen molar-refractivity contribution in [2.75, 3.05) is 11.9 Å². The van der Waals surface area contributed by atoms with Crippen molar-refractivity contribution in [2.24, 2.45) is 0 Å². The molecule has 0 atom stereocenters. The molecule has 1 aromatic carbocycles. The summed E-state index contributed by atoms with van der Waals surface area (Å²) in [6, 6.07) is 5.38. The maximum Gasteiger partial charge on any atom is 0.360 e. The molecule has 0 fully saturated rings. The Balaban J connectivity index is 2.27. The van der Waals surface area contributed by atoms with Crippen LogP contribution in [0.4, 0.5) is 5.69 Å². The first kappa shape index (κ1) is 12.2. The van der Waals surface area contributed by atoms with Crippen molar-refractivity contribution in [3.8, 4) is 5.75 Å². The molecule has 5 heteroatoms. The molecule has 94 valence electrons. The standard InChI is InChI=1S/C13H13NO4/c1-3-17-12(15)7-10-13(16)18-11-5-4-8(2)6-9(11)14-10/h4-7,14H,3H2,1-2H3/b10-7+. The third kappa shape index (κ3) is 2.51. The molecule has 0 radical (unpaired) electrons. The van der Waals surface area contributed by atoms with Crippen LogP contribution in [0.25, 0.3) is 0 Å². The van der Waals surface area contributed by atoms with Crippen LogP contribution in [0, 0.1) is 6.92 Å². The molecule has 0 spiro atoms. The fourth-order valence-electron chi connectivity index (χ4n) is 1.58. The molecule has 1 N–H and O–H groups in total. The molecule has 18 heavy (non-hydrogen) atoms. The minimum Gasteiger partial charge on any atom is -0.463 e. The molecule has 0 aliphatic carbocycles. The van der Waals surface area contributed by atoms with Crippen LogP contribution in [0.5, 0.6) is 5.75 Å². The SMILES string of the molecule is CCOC(=O)/C=C1/Nc2cc(C)ccc2OC1=O. The summed E-state index contributed by atoms with van der Waals surface area (Å²) in [5.41, 5.74) is 1.76. The maximum atomic E-state index is 11.6. The van der Waals surface area contributed by atoms with Crippen LogP contribution in [0.3, 0.4) is 0 Å². The summed E-state index contributed by atoms with van der Waals surface area (Å²) in [4.78, 5) is 22.9.